The van der Waals surface area contributed by atoms with Crippen molar-refractivity contribution >= 4 is 11.9 Å². The van der Waals surface area contributed by atoms with Gasteiger partial charge in [0, 0.05) is 18.9 Å². The number of aliphatic hydroxyl groups excluding tert-OH is 1. The van der Waals surface area contributed by atoms with Crippen molar-refractivity contribution in [2.45, 2.75) is 31.8 Å². The predicted octanol–water partition coefficient (Wildman–Crippen LogP) is 0.602. The Morgan fingerprint density at radius 3 is 3.00 bits per heavy atom. The molecule has 8 heteroatoms. The van der Waals surface area contributed by atoms with E-state index in [-0.39, 0.29) is 12.1 Å². The molecule has 1 aliphatic carbocycles. The van der Waals surface area contributed by atoms with Gasteiger partial charge in [0.25, 0.3) is 5.95 Å². The molecule has 0 bridgehead atoms. The quantitative estimate of drug-likeness (QED) is 0.755. The molecule has 112 valence electrons. The Morgan fingerprint density at radius 1 is 1.33 bits per heavy atom. The normalized spacial score (nSPS) is 22.1. The molecule has 21 heavy (non-hydrogen) atoms. The number of nitrogens with zero attached hydrogens (tertiary/aromatic N) is 5. The van der Waals surface area contributed by atoms with E-state index < -0.39 is 0 Å². The van der Waals surface area contributed by atoms with Crippen LogP contribution in [-0.4, -0.2) is 42.5 Å². The fourth-order valence-corrected chi connectivity index (χ4v) is 2.63. The summed E-state index contributed by atoms with van der Waals surface area (Å²) >= 11 is 0. The molecule has 8 nitrogen and oxygen atoms in total. The molecule has 0 radical (unpaired) electrons. The molecule has 2 unspecified atom stereocenters. The molecule has 1 aliphatic rings. The van der Waals surface area contributed by atoms with Gasteiger partial charge in [-0.3, -0.25) is 0 Å². The highest BCUT2D eigenvalue weighted by Crippen LogP contribution is 2.24. The Balaban J connectivity index is 1.68. The van der Waals surface area contributed by atoms with E-state index in [9.17, 15) is 5.11 Å². The largest absolute Gasteiger partial charge is 0.393 e. The molecular formula is C13H19N7O. The van der Waals surface area contributed by atoms with E-state index in [1.807, 2.05) is 0 Å². The predicted molar refractivity (Wildman–Crippen MR) is 77.8 cm³/mol. The molecule has 2 aromatic rings. The number of hydrogen-bond acceptors (Lipinski definition) is 7. The van der Waals surface area contributed by atoms with Gasteiger partial charge in [0.2, 0.25) is 11.9 Å². The number of nitrogens with two attached hydrogens (primary N) is 1. The van der Waals surface area contributed by atoms with Crippen molar-refractivity contribution in [2.75, 3.05) is 17.6 Å². The lowest BCUT2D eigenvalue weighted by molar-refractivity contribution is 0.104. The highest BCUT2D eigenvalue weighted by Gasteiger charge is 2.20. The van der Waals surface area contributed by atoms with Gasteiger partial charge >= 0.3 is 0 Å². The summed E-state index contributed by atoms with van der Waals surface area (Å²) in [5.74, 6) is 1.41. The Bertz CT molecular complexity index is 586. The first-order valence-corrected chi connectivity index (χ1v) is 7.14. The molecule has 1 saturated carbocycles. The van der Waals surface area contributed by atoms with Crippen molar-refractivity contribution in [1.29, 1.82) is 0 Å². The maximum Gasteiger partial charge on any atom is 0.257 e. The minimum atomic E-state index is -0.186. The zero-order chi connectivity index (χ0) is 14.7. The Hall–Kier alpha value is -2.22. The Labute approximate surface area is 122 Å². The van der Waals surface area contributed by atoms with Crippen LogP contribution in [0.4, 0.5) is 11.9 Å². The lowest BCUT2D eigenvalue weighted by atomic mass is 9.87. The topological polar surface area (TPSA) is 115 Å². The molecule has 0 aromatic carbocycles. The smallest absolute Gasteiger partial charge is 0.257 e. The molecule has 0 aliphatic heterocycles. The van der Waals surface area contributed by atoms with E-state index in [0.717, 1.165) is 32.2 Å². The van der Waals surface area contributed by atoms with Crippen LogP contribution in [-0.2, 0) is 0 Å². The van der Waals surface area contributed by atoms with Gasteiger partial charge in [-0.05, 0) is 31.2 Å². The Morgan fingerprint density at radius 2 is 2.24 bits per heavy atom. The summed E-state index contributed by atoms with van der Waals surface area (Å²) in [6.45, 7) is 0.721. The van der Waals surface area contributed by atoms with Crippen molar-refractivity contribution in [3.63, 3.8) is 0 Å². The summed E-state index contributed by atoms with van der Waals surface area (Å²) in [6, 6.07) is 1.79. The van der Waals surface area contributed by atoms with Crippen LogP contribution in [0.25, 0.3) is 5.95 Å². The van der Waals surface area contributed by atoms with Crippen molar-refractivity contribution in [3.8, 4) is 5.95 Å². The van der Waals surface area contributed by atoms with Gasteiger partial charge in [0.15, 0.2) is 0 Å². The highest BCUT2D eigenvalue weighted by molar-refractivity contribution is 5.34. The number of aromatic nitrogens is 5. The fraction of sp³-hybridized carbons (Fsp3) is 0.538. The Kier molecular flexibility index (Phi) is 3.96. The van der Waals surface area contributed by atoms with E-state index in [4.69, 9.17) is 5.73 Å². The first-order chi connectivity index (χ1) is 10.2. The molecule has 3 rings (SSSR count). The average molecular weight is 289 g/mol. The monoisotopic (exact) mass is 289 g/mol. The second-order valence-corrected chi connectivity index (χ2v) is 5.34. The maximum absolute atomic E-state index is 9.69. The molecule has 2 atom stereocenters. The highest BCUT2D eigenvalue weighted by atomic mass is 16.3. The summed E-state index contributed by atoms with van der Waals surface area (Å²) in [5, 5.41) is 16.9. The number of aliphatic hydroxyl groups is 1. The number of nitrogens with one attached hydrogen (secondary N) is 1. The van der Waals surface area contributed by atoms with Gasteiger partial charge in [-0.1, -0.05) is 6.42 Å². The van der Waals surface area contributed by atoms with Crippen LogP contribution in [0.15, 0.2) is 18.5 Å². The van der Waals surface area contributed by atoms with Crippen LogP contribution in [0.3, 0.4) is 0 Å². The van der Waals surface area contributed by atoms with Crippen molar-refractivity contribution in [1.82, 2.24) is 24.7 Å². The van der Waals surface area contributed by atoms with Crippen LogP contribution in [0.1, 0.15) is 25.7 Å². The van der Waals surface area contributed by atoms with Crippen LogP contribution in [0, 0.1) is 5.92 Å². The van der Waals surface area contributed by atoms with Crippen molar-refractivity contribution in [3.05, 3.63) is 18.5 Å². The van der Waals surface area contributed by atoms with E-state index in [2.05, 4.69) is 25.4 Å². The standard InChI is InChI=1S/C13H19N7O/c14-11-17-12(15-8-9-3-1-4-10(21)7-9)19-13(18-11)20-6-2-5-16-20/h2,5-6,9-10,21H,1,3-4,7-8H2,(H3,14,15,17,18,19). The van der Waals surface area contributed by atoms with Crippen LogP contribution >= 0.6 is 0 Å². The lowest BCUT2D eigenvalue weighted by Crippen LogP contribution is -2.25. The van der Waals surface area contributed by atoms with E-state index in [0.29, 0.717) is 17.8 Å². The molecule has 0 spiro atoms. The van der Waals surface area contributed by atoms with Crippen LogP contribution in [0.5, 0.6) is 0 Å². The van der Waals surface area contributed by atoms with Gasteiger partial charge < -0.3 is 16.2 Å². The summed E-state index contributed by atoms with van der Waals surface area (Å²) in [5.41, 5.74) is 5.71. The van der Waals surface area contributed by atoms with E-state index in [1.54, 1.807) is 18.5 Å². The third kappa shape index (κ3) is 3.46. The maximum atomic E-state index is 9.69. The summed E-state index contributed by atoms with van der Waals surface area (Å²) in [4.78, 5) is 12.5. The second kappa shape index (κ2) is 6.04. The van der Waals surface area contributed by atoms with Gasteiger partial charge in [0.1, 0.15) is 0 Å². The van der Waals surface area contributed by atoms with Gasteiger partial charge in [-0.2, -0.15) is 20.1 Å². The zero-order valence-corrected chi connectivity index (χ0v) is 11.7. The second-order valence-electron chi connectivity index (χ2n) is 5.34. The molecular weight excluding hydrogens is 270 g/mol. The number of anilines is 2. The first kappa shape index (κ1) is 13.7. The van der Waals surface area contributed by atoms with Gasteiger partial charge in [-0.15, -0.1) is 0 Å². The summed E-state index contributed by atoms with van der Waals surface area (Å²) in [7, 11) is 0. The fourth-order valence-electron chi connectivity index (χ4n) is 2.63. The summed E-state index contributed by atoms with van der Waals surface area (Å²) < 4.78 is 1.54. The molecule has 1 fully saturated rings. The molecule has 2 heterocycles. The zero-order valence-electron chi connectivity index (χ0n) is 11.7. The minimum absolute atomic E-state index is 0.154. The SMILES string of the molecule is Nc1nc(NCC2CCCC(O)C2)nc(-n2cccn2)n1. The van der Waals surface area contributed by atoms with E-state index in [1.165, 1.54) is 4.68 Å². The van der Waals surface area contributed by atoms with Crippen LogP contribution in [0.2, 0.25) is 0 Å². The molecule has 2 aromatic heterocycles. The summed E-state index contributed by atoms with van der Waals surface area (Å²) in [6.07, 6.45) is 7.10. The number of hydrogen-bond donors (Lipinski definition) is 3. The van der Waals surface area contributed by atoms with Crippen molar-refractivity contribution in [2.24, 2.45) is 5.92 Å². The third-order valence-corrected chi connectivity index (χ3v) is 3.65. The van der Waals surface area contributed by atoms with Gasteiger partial charge in [-0.25, -0.2) is 4.68 Å². The third-order valence-electron chi connectivity index (χ3n) is 3.65. The van der Waals surface area contributed by atoms with Gasteiger partial charge in [0.05, 0.1) is 6.10 Å². The van der Waals surface area contributed by atoms with Crippen LogP contribution < -0.4 is 11.1 Å². The number of rotatable bonds is 4. The minimum Gasteiger partial charge on any atom is -0.393 e. The average Bonchev–Trinajstić information content (AvgIpc) is 2.99. The molecule has 4 N–H and O–H groups in total. The van der Waals surface area contributed by atoms with Crippen molar-refractivity contribution < 1.29 is 5.11 Å². The first-order valence-electron chi connectivity index (χ1n) is 7.14. The lowest BCUT2D eigenvalue weighted by Gasteiger charge is -2.25. The number of nitrogen functional groups attached to an aromatic ring is 1. The molecule has 0 saturated heterocycles. The molecule has 0 amide bonds. The van der Waals surface area contributed by atoms with E-state index >= 15 is 0 Å².